The molecule has 0 unspecified atom stereocenters. The lowest BCUT2D eigenvalue weighted by molar-refractivity contribution is -0.137. The van der Waals surface area contributed by atoms with Gasteiger partial charge in [-0.05, 0) is 36.8 Å². The number of halogens is 3. The van der Waals surface area contributed by atoms with Crippen LogP contribution in [-0.2, 0) is 17.5 Å². The number of likely N-dealkylation sites (N-methyl/N-ethyl adjacent to an activating group) is 1. The van der Waals surface area contributed by atoms with Crippen LogP contribution in [0.2, 0.25) is 0 Å². The van der Waals surface area contributed by atoms with Gasteiger partial charge < -0.3 is 10.2 Å². The Morgan fingerprint density at radius 3 is 2.42 bits per heavy atom. The molecule has 1 N–H and O–H groups in total. The lowest BCUT2D eigenvalue weighted by Crippen LogP contribution is -2.37. The maximum atomic E-state index is 12.7. The highest BCUT2D eigenvalue weighted by molar-refractivity contribution is 5.81. The van der Waals surface area contributed by atoms with Crippen LogP contribution in [0.4, 0.5) is 18.9 Å². The fourth-order valence-corrected chi connectivity index (χ4v) is 2.31. The second-order valence-electron chi connectivity index (χ2n) is 5.32. The fraction of sp³-hybridized carbons (Fsp3) is 0.278. The molecule has 2 aromatic rings. The summed E-state index contributed by atoms with van der Waals surface area (Å²) in [6.45, 7) is 2.81. The average Bonchev–Trinajstić information content (AvgIpc) is 2.58. The molecule has 128 valence electrons. The van der Waals surface area contributed by atoms with Gasteiger partial charge in [-0.2, -0.15) is 13.2 Å². The summed E-state index contributed by atoms with van der Waals surface area (Å²) in [7, 11) is 0. The van der Waals surface area contributed by atoms with Crippen molar-refractivity contribution in [3.8, 4) is 0 Å². The van der Waals surface area contributed by atoms with E-state index in [0.717, 1.165) is 17.8 Å². The van der Waals surface area contributed by atoms with Gasteiger partial charge in [-0.3, -0.25) is 4.79 Å². The number of hydrogen-bond acceptors (Lipinski definition) is 2. The summed E-state index contributed by atoms with van der Waals surface area (Å²) in [5.41, 5.74) is 0.629. The van der Waals surface area contributed by atoms with E-state index in [1.54, 1.807) is 6.07 Å². The van der Waals surface area contributed by atoms with E-state index in [1.807, 2.05) is 42.2 Å². The maximum Gasteiger partial charge on any atom is 0.416 e. The van der Waals surface area contributed by atoms with Crippen LogP contribution >= 0.6 is 0 Å². The molecule has 2 rings (SSSR count). The number of benzene rings is 2. The Hall–Kier alpha value is -2.50. The van der Waals surface area contributed by atoms with Crippen LogP contribution in [0.25, 0.3) is 0 Å². The van der Waals surface area contributed by atoms with Crippen molar-refractivity contribution in [2.24, 2.45) is 0 Å². The standard InChI is InChI=1S/C18H19F3N2O/c1-2-23(16-9-4-3-5-10-16)13-17(24)22-12-14-7-6-8-15(11-14)18(19,20)21/h3-11H,2,12-13H2,1H3,(H,22,24). The van der Waals surface area contributed by atoms with E-state index in [0.29, 0.717) is 12.1 Å². The van der Waals surface area contributed by atoms with Crippen molar-refractivity contribution < 1.29 is 18.0 Å². The third kappa shape index (κ3) is 5.01. The Morgan fingerprint density at radius 1 is 1.08 bits per heavy atom. The molecule has 2 aromatic carbocycles. The molecular formula is C18H19F3N2O. The first-order valence-corrected chi connectivity index (χ1v) is 7.63. The summed E-state index contributed by atoms with van der Waals surface area (Å²) < 4.78 is 38.0. The van der Waals surface area contributed by atoms with E-state index < -0.39 is 11.7 Å². The molecule has 0 atom stereocenters. The Balaban J connectivity index is 1.93. The van der Waals surface area contributed by atoms with E-state index in [2.05, 4.69) is 5.32 Å². The van der Waals surface area contributed by atoms with Crippen LogP contribution in [0.5, 0.6) is 0 Å². The van der Waals surface area contributed by atoms with Gasteiger partial charge in [0.25, 0.3) is 0 Å². The number of nitrogens with one attached hydrogen (secondary N) is 1. The number of rotatable bonds is 6. The van der Waals surface area contributed by atoms with Gasteiger partial charge in [-0.25, -0.2) is 0 Å². The molecule has 0 radical (unpaired) electrons. The van der Waals surface area contributed by atoms with Crippen LogP contribution < -0.4 is 10.2 Å². The lowest BCUT2D eigenvalue weighted by Gasteiger charge is -2.22. The predicted octanol–water partition coefficient (Wildman–Crippen LogP) is 3.85. The molecule has 0 aromatic heterocycles. The molecule has 0 spiro atoms. The Morgan fingerprint density at radius 2 is 1.79 bits per heavy atom. The second-order valence-corrected chi connectivity index (χ2v) is 5.32. The highest BCUT2D eigenvalue weighted by atomic mass is 19.4. The zero-order valence-corrected chi connectivity index (χ0v) is 13.3. The fourth-order valence-electron chi connectivity index (χ4n) is 2.31. The largest absolute Gasteiger partial charge is 0.416 e. The van der Waals surface area contributed by atoms with Gasteiger partial charge in [0.15, 0.2) is 0 Å². The molecular weight excluding hydrogens is 317 g/mol. The molecule has 0 saturated carbocycles. The van der Waals surface area contributed by atoms with Crippen LogP contribution in [0.15, 0.2) is 54.6 Å². The van der Waals surface area contributed by atoms with Crippen molar-refractivity contribution in [3.63, 3.8) is 0 Å². The summed E-state index contributed by atoms with van der Waals surface area (Å²) >= 11 is 0. The van der Waals surface area contributed by atoms with Gasteiger partial charge in [0.05, 0.1) is 12.1 Å². The lowest BCUT2D eigenvalue weighted by atomic mass is 10.1. The van der Waals surface area contributed by atoms with E-state index >= 15 is 0 Å². The molecule has 0 aliphatic rings. The topological polar surface area (TPSA) is 32.3 Å². The number of carbonyl (C=O) groups excluding carboxylic acids is 1. The van der Waals surface area contributed by atoms with E-state index in [1.165, 1.54) is 6.07 Å². The number of amides is 1. The van der Waals surface area contributed by atoms with Gasteiger partial charge in [-0.1, -0.05) is 30.3 Å². The third-order valence-electron chi connectivity index (χ3n) is 3.58. The highest BCUT2D eigenvalue weighted by Gasteiger charge is 2.30. The number of carbonyl (C=O) groups is 1. The Labute approximate surface area is 139 Å². The first-order valence-electron chi connectivity index (χ1n) is 7.63. The molecule has 6 heteroatoms. The van der Waals surface area contributed by atoms with Crippen molar-refractivity contribution >= 4 is 11.6 Å². The third-order valence-corrected chi connectivity index (χ3v) is 3.58. The average molecular weight is 336 g/mol. The Bertz CT molecular complexity index is 671. The zero-order chi connectivity index (χ0) is 17.6. The van der Waals surface area contributed by atoms with E-state index in [9.17, 15) is 18.0 Å². The van der Waals surface area contributed by atoms with Gasteiger partial charge in [0, 0.05) is 18.8 Å². The molecule has 0 saturated heterocycles. The Kier molecular flexibility index (Phi) is 5.84. The number of para-hydroxylation sites is 1. The quantitative estimate of drug-likeness (QED) is 0.869. The molecule has 0 aliphatic carbocycles. The minimum atomic E-state index is -4.38. The van der Waals surface area contributed by atoms with Gasteiger partial charge in [0.2, 0.25) is 5.91 Å². The number of alkyl halides is 3. The number of anilines is 1. The van der Waals surface area contributed by atoms with Crippen molar-refractivity contribution in [3.05, 3.63) is 65.7 Å². The van der Waals surface area contributed by atoms with Crippen LogP contribution in [0, 0.1) is 0 Å². The summed E-state index contributed by atoms with van der Waals surface area (Å²) in [5.74, 6) is -0.238. The monoisotopic (exact) mass is 336 g/mol. The SMILES string of the molecule is CCN(CC(=O)NCc1cccc(C(F)(F)F)c1)c1ccccc1. The first-order chi connectivity index (χ1) is 11.4. The van der Waals surface area contributed by atoms with Gasteiger partial charge in [-0.15, -0.1) is 0 Å². The molecule has 3 nitrogen and oxygen atoms in total. The van der Waals surface area contributed by atoms with Crippen LogP contribution in [-0.4, -0.2) is 19.0 Å². The second kappa shape index (κ2) is 7.86. The van der Waals surface area contributed by atoms with Gasteiger partial charge in [0.1, 0.15) is 0 Å². The molecule has 0 heterocycles. The van der Waals surface area contributed by atoms with Crippen molar-refractivity contribution in [1.82, 2.24) is 5.32 Å². The molecule has 1 amide bonds. The van der Waals surface area contributed by atoms with Crippen LogP contribution in [0.1, 0.15) is 18.1 Å². The minimum Gasteiger partial charge on any atom is -0.363 e. The van der Waals surface area contributed by atoms with Crippen molar-refractivity contribution in [1.29, 1.82) is 0 Å². The molecule has 0 fully saturated rings. The summed E-state index contributed by atoms with van der Waals surface area (Å²) in [6.07, 6.45) is -4.38. The first kappa shape index (κ1) is 17.8. The highest BCUT2D eigenvalue weighted by Crippen LogP contribution is 2.29. The normalized spacial score (nSPS) is 11.2. The predicted molar refractivity (Wildman–Crippen MR) is 87.6 cm³/mol. The summed E-state index contributed by atoms with van der Waals surface area (Å²) in [4.78, 5) is 14.0. The van der Waals surface area contributed by atoms with Crippen LogP contribution in [0.3, 0.4) is 0 Å². The van der Waals surface area contributed by atoms with Crippen molar-refractivity contribution in [2.45, 2.75) is 19.6 Å². The molecule has 0 bridgehead atoms. The van der Waals surface area contributed by atoms with Crippen molar-refractivity contribution in [2.75, 3.05) is 18.0 Å². The summed E-state index contributed by atoms with van der Waals surface area (Å²) in [6, 6.07) is 14.4. The molecule has 0 aliphatic heterocycles. The summed E-state index contributed by atoms with van der Waals surface area (Å²) in [5, 5.41) is 2.66. The smallest absolute Gasteiger partial charge is 0.363 e. The molecule has 24 heavy (non-hydrogen) atoms. The van der Waals surface area contributed by atoms with E-state index in [-0.39, 0.29) is 19.0 Å². The maximum absolute atomic E-state index is 12.7. The zero-order valence-electron chi connectivity index (χ0n) is 13.3. The van der Waals surface area contributed by atoms with E-state index in [4.69, 9.17) is 0 Å². The van der Waals surface area contributed by atoms with Gasteiger partial charge >= 0.3 is 6.18 Å². The number of nitrogens with zero attached hydrogens (tertiary/aromatic N) is 1. The number of hydrogen-bond donors (Lipinski definition) is 1. The minimum absolute atomic E-state index is 0.0646.